The maximum atomic E-state index is 5.12. The predicted octanol–water partition coefficient (Wildman–Crippen LogP) is 2.50. The highest BCUT2D eigenvalue weighted by Gasteiger charge is 2.17. The van der Waals surface area contributed by atoms with Crippen LogP contribution in [0.15, 0.2) is 24.3 Å². The monoisotopic (exact) mass is 260 g/mol. The van der Waals surface area contributed by atoms with E-state index in [1.54, 1.807) is 7.11 Å². The van der Waals surface area contributed by atoms with Gasteiger partial charge in [-0.3, -0.25) is 0 Å². The summed E-state index contributed by atoms with van der Waals surface area (Å²) in [4.78, 5) is 4.44. The molecule has 2 aromatic rings. The van der Waals surface area contributed by atoms with Crippen LogP contribution < -0.4 is 5.32 Å². The highest BCUT2D eigenvalue weighted by molar-refractivity contribution is 5.73. The summed E-state index contributed by atoms with van der Waals surface area (Å²) in [6, 6.07) is 7.72. The molecular weight excluding hydrogens is 240 g/mol. The Balaban J connectivity index is 2.01. The average Bonchev–Trinajstić information content (AvgIpc) is 2.43. The molecule has 0 amide bonds. The van der Waals surface area contributed by atoms with Crippen molar-refractivity contribution in [3.05, 3.63) is 24.3 Å². The van der Waals surface area contributed by atoms with Gasteiger partial charge in [-0.25, -0.2) is 4.98 Å². The van der Waals surface area contributed by atoms with Gasteiger partial charge in [0.1, 0.15) is 5.52 Å². The van der Waals surface area contributed by atoms with Gasteiger partial charge in [0.25, 0.3) is 0 Å². The van der Waals surface area contributed by atoms with Gasteiger partial charge in [-0.1, -0.05) is 26.0 Å². The number of nitrogens with zero attached hydrogens (tertiary/aromatic N) is 3. The van der Waals surface area contributed by atoms with Crippen LogP contribution in [0.3, 0.4) is 0 Å². The van der Waals surface area contributed by atoms with E-state index in [0.717, 1.165) is 30.6 Å². The molecule has 102 valence electrons. The summed E-state index contributed by atoms with van der Waals surface area (Å²) in [6.07, 6.45) is 0.984. The van der Waals surface area contributed by atoms with Crippen molar-refractivity contribution in [3.8, 4) is 0 Å². The van der Waals surface area contributed by atoms with Gasteiger partial charge < -0.3 is 10.1 Å². The van der Waals surface area contributed by atoms with Gasteiger partial charge in [0.2, 0.25) is 5.95 Å². The van der Waals surface area contributed by atoms with Crippen molar-refractivity contribution >= 4 is 17.0 Å². The van der Waals surface area contributed by atoms with Gasteiger partial charge in [-0.2, -0.15) is 0 Å². The van der Waals surface area contributed by atoms with E-state index in [9.17, 15) is 0 Å². The topological polar surface area (TPSA) is 59.9 Å². The summed E-state index contributed by atoms with van der Waals surface area (Å²) < 4.78 is 5.12. The third-order valence-corrected chi connectivity index (χ3v) is 3.07. The zero-order valence-corrected chi connectivity index (χ0v) is 11.7. The van der Waals surface area contributed by atoms with Crippen LogP contribution in [0.25, 0.3) is 11.0 Å². The summed E-state index contributed by atoms with van der Waals surface area (Å²) in [5.74, 6) is 0.573. The summed E-state index contributed by atoms with van der Waals surface area (Å²) in [5, 5.41) is 11.5. The van der Waals surface area contributed by atoms with Gasteiger partial charge in [0.15, 0.2) is 0 Å². The van der Waals surface area contributed by atoms with E-state index in [4.69, 9.17) is 4.74 Å². The van der Waals surface area contributed by atoms with E-state index in [-0.39, 0.29) is 5.41 Å². The van der Waals surface area contributed by atoms with Gasteiger partial charge in [0, 0.05) is 20.3 Å². The second-order valence-electron chi connectivity index (χ2n) is 5.38. The normalized spacial score (nSPS) is 11.7. The van der Waals surface area contributed by atoms with Crippen molar-refractivity contribution in [2.24, 2.45) is 5.41 Å². The van der Waals surface area contributed by atoms with Gasteiger partial charge in [-0.05, 0) is 24.0 Å². The average molecular weight is 260 g/mol. The molecular formula is C14H20N4O. The maximum Gasteiger partial charge on any atom is 0.243 e. The van der Waals surface area contributed by atoms with Crippen LogP contribution in [-0.4, -0.2) is 35.4 Å². The molecule has 2 rings (SSSR count). The fourth-order valence-electron chi connectivity index (χ4n) is 1.74. The number of aromatic nitrogens is 3. The third kappa shape index (κ3) is 3.86. The molecule has 0 saturated carbocycles. The van der Waals surface area contributed by atoms with E-state index >= 15 is 0 Å². The van der Waals surface area contributed by atoms with Crippen molar-refractivity contribution < 1.29 is 4.74 Å². The molecule has 0 aliphatic heterocycles. The molecule has 5 heteroatoms. The van der Waals surface area contributed by atoms with E-state index in [0.29, 0.717) is 5.95 Å². The van der Waals surface area contributed by atoms with E-state index in [1.807, 2.05) is 24.3 Å². The summed E-state index contributed by atoms with van der Waals surface area (Å²) in [6.45, 7) is 5.92. The molecule has 1 aromatic heterocycles. The molecule has 0 fully saturated rings. The number of benzene rings is 1. The quantitative estimate of drug-likeness (QED) is 0.864. The first-order valence-electron chi connectivity index (χ1n) is 6.43. The van der Waals surface area contributed by atoms with Crippen molar-refractivity contribution in [1.82, 2.24) is 15.2 Å². The van der Waals surface area contributed by atoms with Crippen LogP contribution in [0.5, 0.6) is 0 Å². The van der Waals surface area contributed by atoms with Crippen molar-refractivity contribution in [1.29, 1.82) is 0 Å². The lowest BCUT2D eigenvalue weighted by Gasteiger charge is -2.24. The molecule has 0 aliphatic rings. The zero-order valence-electron chi connectivity index (χ0n) is 11.7. The van der Waals surface area contributed by atoms with Crippen LogP contribution in [0.2, 0.25) is 0 Å². The Morgan fingerprint density at radius 3 is 2.63 bits per heavy atom. The first-order chi connectivity index (χ1) is 9.11. The second kappa shape index (κ2) is 5.93. The maximum absolute atomic E-state index is 5.12. The van der Waals surface area contributed by atoms with Gasteiger partial charge in [-0.15, -0.1) is 10.2 Å². The highest BCUT2D eigenvalue weighted by atomic mass is 16.5. The molecule has 1 aromatic carbocycles. The number of methoxy groups -OCH3 is 1. The lowest BCUT2D eigenvalue weighted by molar-refractivity contribution is 0.157. The number of ether oxygens (including phenoxy) is 1. The van der Waals surface area contributed by atoms with Crippen LogP contribution in [0.1, 0.15) is 20.3 Å². The van der Waals surface area contributed by atoms with Gasteiger partial charge in [0.05, 0.1) is 5.52 Å². The Kier molecular flexibility index (Phi) is 4.27. The largest absolute Gasteiger partial charge is 0.385 e. The molecule has 5 nitrogen and oxygen atoms in total. The Morgan fingerprint density at radius 1 is 1.16 bits per heavy atom. The van der Waals surface area contributed by atoms with Crippen molar-refractivity contribution in [2.45, 2.75) is 20.3 Å². The SMILES string of the molecule is COCCC(C)(C)CNc1nnc2ccccc2n1. The molecule has 0 bridgehead atoms. The van der Waals surface area contributed by atoms with Crippen LogP contribution in [0.4, 0.5) is 5.95 Å². The fraction of sp³-hybridized carbons (Fsp3) is 0.500. The summed E-state index contributed by atoms with van der Waals surface area (Å²) >= 11 is 0. The number of hydrogen-bond acceptors (Lipinski definition) is 5. The Hall–Kier alpha value is -1.75. The summed E-state index contributed by atoms with van der Waals surface area (Å²) in [5.41, 5.74) is 1.80. The summed E-state index contributed by atoms with van der Waals surface area (Å²) in [7, 11) is 1.72. The zero-order chi connectivity index (χ0) is 13.7. The standard InChI is InChI=1S/C14H20N4O/c1-14(2,8-9-19-3)10-15-13-16-11-6-4-5-7-12(11)17-18-13/h4-7H,8-10H2,1-3H3,(H,15,16,18). The minimum absolute atomic E-state index is 0.130. The number of fused-ring (bicyclic) bond motifs is 1. The Morgan fingerprint density at radius 2 is 1.89 bits per heavy atom. The van der Waals surface area contributed by atoms with Crippen molar-refractivity contribution in [3.63, 3.8) is 0 Å². The Bertz CT molecular complexity index is 542. The lowest BCUT2D eigenvalue weighted by atomic mass is 9.90. The third-order valence-electron chi connectivity index (χ3n) is 3.07. The molecule has 0 atom stereocenters. The number of anilines is 1. The number of hydrogen-bond donors (Lipinski definition) is 1. The Labute approximate surface area is 113 Å². The number of para-hydroxylation sites is 1. The van der Waals surface area contributed by atoms with Gasteiger partial charge >= 0.3 is 0 Å². The molecule has 0 unspecified atom stereocenters. The molecule has 0 radical (unpaired) electrons. The van der Waals surface area contributed by atoms with E-state index in [2.05, 4.69) is 34.3 Å². The molecule has 19 heavy (non-hydrogen) atoms. The smallest absolute Gasteiger partial charge is 0.243 e. The van der Waals surface area contributed by atoms with Crippen molar-refractivity contribution in [2.75, 3.05) is 25.6 Å². The minimum atomic E-state index is 0.130. The van der Waals surface area contributed by atoms with Crippen LogP contribution in [-0.2, 0) is 4.74 Å². The van der Waals surface area contributed by atoms with Crippen LogP contribution in [0, 0.1) is 5.41 Å². The molecule has 0 spiro atoms. The van der Waals surface area contributed by atoms with E-state index in [1.165, 1.54) is 0 Å². The molecule has 1 heterocycles. The molecule has 0 aliphatic carbocycles. The first-order valence-corrected chi connectivity index (χ1v) is 6.43. The first kappa shape index (κ1) is 13.7. The minimum Gasteiger partial charge on any atom is -0.385 e. The molecule has 0 saturated heterocycles. The lowest BCUT2D eigenvalue weighted by Crippen LogP contribution is -2.25. The van der Waals surface area contributed by atoms with Crippen LogP contribution >= 0.6 is 0 Å². The second-order valence-corrected chi connectivity index (χ2v) is 5.38. The number of rotatable bonds is 6. The highest BCUT2D eigenvalue weighted by Crippen LogP contribution is 2.20. The fourth-order valence-corrected chi connectivity index (χ4v) is 1.74. The predicted molar refractivity (Wildman–Crippen MR) is 76.1 cm³/mol. The number of nitrogens with one attached hydrogen (secondary N) is 1. The van der Waals surface area contributed by atoms with E-state index < -0.39 is 0 Å². The molecule has 1 N–H and O–H groups in total.